The van der Waals surface area contributed by atoms with Gasteiger partial charge in [-0.3, -0.25) is 14.6 Å². The van der Waals surface area contributed by atoms with Crippen molar-refractivity contribution in [3.63, 3.8) is 0 Å². The molecule has 31 heavy (non-hydrogen) atoms. The van der Waals surface area contributed by atoms with E-state index in [2.05, 4.69) is 10.3 Å². The lowest BCUT2D eigenvalue weighted by atomic mass is 10.00. The first-order valence-electron chi connectivity index (χ1n) is 9.96. The summed E-state index contributed by atoms with van der Waals surface area (Å²) in [6.45, 7) is 1.90. The predicted molar refractivity (Wildman–Crippen MR) is 125 cm³/mol. The number of carbonyl (C=O) groups excluding carboxylic acids is 1. The third-order valence-electron chi connectivity index (χ3n) is 5.18. The molecule has 1 unspecified atom stereocenters. The molecule has 1 amide bonds. The van der Waals surface area contributed by atoms with Gasteiger partial charge in [0.25, 0.3) is 0 Å². The second-order valence-electron chi connectivity index (χ2n) is 7.36. The number of benzene rings is 3. The van der Waals surface area contributed by atoms with E-state index >= 15 is 0 Å². The van der Waals surface area contributed by atoms with Gasteiger partial charge >= 0.3 is 4.87 Å². The molecule has 0 saturated heterocycles. The van der Waals surface area contributed by atoms with Crippen LogP contribution in [0.5, 0.6) is 5.88 Å². The summed E-state index contributed by atoms with van der Waals surface area (Å²) in [5.41, 5.74) is 4.73. The summed E-state index contributed by atoms with van der Waals surface area (Å²) in [4.78, 5) is 26.7. The molecule has 0 saturated carbocycles. The number of carbonyl (C=O) groups is 1. The molecular formula is C25H22N2O3S. The van der Waals surface area contributed by atoms with Gasteiger partial charge in [0.1, 0.15) is 0 Å². The molecule has 156 valence electrons. The molecule has 0 fully saturated rings. The summed E-state index contributed by atoms with van der Waals surface area (Å²) in [5.74, 6) is -0.360. The number of thiazole rings is 1. The van der Waals surface area contributed by atoms with Crippen LogP contribution in [0.2, 0.25) is 0 Å². The molecule has 0 spiro atoms. The number of anilines is 1. The number of aromatic amines is 1. The predicted octanol–water partition coefficient (Wildman–Crippen LogP) is 5.14. The third-order valence-corrected chi connectivity index (χ3v) is 6.05. The molecular weight excluding hydrogens is 408 g/mol. The number of nitrogens with one attached hydrogen (secondary N) is 2. The van der Waals surface area contributed by atoms with Crippen LogP contribution in [0.25, 0.3) is 11.1 Å². The van der Waals surface area contributed by atoms with Gasteiger partial charge in [0.05, 0.1) is 10.8 Å². The second kappa shape index (κ2) is 9.02. The highest BCUT2D eigenvalue weighted by Gasteiger charge is 2.15. The second-order valence-corrected chi connectivity index (χ2v) is 8.43. The van der Waals surface area contributed by atoms with Crippen LogP contribution in [0.3, 0.4) is 0 Å². The molecule has 3 aromatic carbocycles. The van der Waals surface area contributed by atoms with Gasteiger partial charge in [0, 0.05) is 12.1 Å². The SMILES string of the molecule is CC(C(=O)Nc1cccc(-c2ccc(Cc3sc(=O)[nH]c3O)cc2)c1)c1ccccc1. The van der Waals surface area contributed by atoms with Gasteiger partial charge in [0.2, 0.25) is 11.8 Å². The molecule has 6 heteroatoms. The zero-order valence-corrected chi connectivity index (χ0v) is 17.8. The number of hydrogen-bond acceptors (Lipinski definition) is 4. The van der Waals surface area contributed by atoms with E-state index < -0.39 is 0 Å². The van der Waals surface area contributed by atoms with Crippen LogP contribution in [0.4, 0.5) is 5.69 Å². The molecule has 4 rings (SSSR count). The molecule has 5 nitrogen and oxygen atoms in total. The summed E-state index contributed by atoms with van der Waals surface area (Å²) in [7, 11) is 0. The van der Waals surface area contributed by atoms with Crippen molar-refractivity contribution in [2.75, 3.05) is 5.32 Å². The first-order chi connectivity index (χ1) is 15.0. The Hall–Kier alpha value is -3.64. The molecule has 1 atom stereocenters. The summed E-state index contributed by atoms with van der Waals surface area (Å²) >= 11 is 1.02. The first-order valence-corrected chi connectivity index (χ1v) is 10.8. The molecule has 0 radical (unpaired) electrons. The largest absolute Gasteiger partial charge is 0.494 e. The monoisotopic (exact) mass is 430 g/mol. The highest BCUT2D eigenvalue weighted by Crippen LogP contribution is 2.26. The quantitative estimate of drug-likeness (QED) is 0.396. The van der Waals surface area contributed by atoms with E-state index in [1.165, 1.54) is 0 Å². The van der Waals surface area contributed by atoms with E-state index in [0.717, 1.165) is 39.3 Å². The van der Waals surface area contributed by atoms with Crippen molar-refractivity contribution in [1.29, 1.82) is 0 Å². The number of hydrogen-bond donors (Lipinski definition) is 3. The molecule has 4 aromatic rings. The molecule has 0 aliphatic carbocycles. The van der Waals surface area contributed by atoms with Crippen molar-refractivity contribution < 1.29 is 9.90 Å². The van der Waals surface area contributed by atoms with E-state index in [9.17, 15) is 14.7 Å². The maximum Gasteiger partial charge on any atom is 0.307 e. The summed E-state index contributed by atoms with van der Waals surface area (Å²) in [6, 6.07) is 25.4. The minimum atomic E-state index is -0.260. The molecule has 1 aromatic heterocycles. The Balaban J connectivity index is 1.47. The number of amides is 1. The Kier molecular flexibility index (Phi) is 6.00. The highest BCUT2D eigenvalue weighted by atomic mass is 32.1. The van der Waals surface area contributed by atoms with Crippen LogP contribution in [-0.2, 0) is 11.2 Å². The lowest BCUT2D eigenvalue weighted by Gasteiger charge is -2.13. The fourth-order valence-electron chi connectivity index (χ4n) is 3.39. The van der Waals surface area contributed by atoms with Gasteiger partial charge in [-0.25, -0.2) is 0 Å². The van der Waals surface area contributed by atoms with Gasteiger partial charge in [-0.2, -0.15) is 0 Å². The van der Waals surface area contributed by atoms with Crippen molar-refractivity contribution >= 4 is 22.9 Å². The Morgan fingerprint density at radius 2 is 1.74 bits per heavy atom. The molecule has 1 heterocycles. The van der Waals surface area contributed by atoms with Crippen LogP contribution in [0.15, 0.2) is 83.7 Å². The van der Waals surface area contributed by atoms with Gasteiger partial charge in [0.15, 0.2) is 0 Å². The average molecular weight is 431 g/mol. The van der Waals surface area contributed by atoms with E-state index in [1.54, 1.807) is 0 Å². The van der Waals surface area contributed by atoms with Gasteiger partial charge in [-0.05, 0) is 41.3 Å². The van der Waals surface area contributed by atoms with Crippen molar-refractivity contribution in [3.8, 4) is 17.0 Å². The number of aromatic hydroxyl groups is 1. The summed E-state index contributed by atoms with van der Waals surface area (Å²) < 4.78 is 0. The highest BCUT2D eigenvalue weighted by molar-refractivity contribution is 7.09. The molecule has 0 bridgehead atoms. The standard InChI is InChI=1S/C25H22N2O3S/c1-16(18-6-3-2-4-7-18)23(28)26-21-9-5-8-20(15-21)19-12-10-17(11-13-19)14-22-24(29)27-25(30)31-22/h2-13,15-16,29H,14H2,1H3,(H,26,28)(H,27,30). The Bertz CT molecular complexity index is 1240. The Morgan fingerprint density at radius 1 is 1.00 bits per heavy atom. The van der Waals surface area contributed by atoms with E-state index in [-0.39, 0.29) is 22.6 Å². The van der Waals surface area contributed by atoms with Crippen LogP contribution in [0.1, 0.15) is 28.8 Å². The van der Waals surface area contributed by atoms with Crippen molar-refractivity contribution in [3.05, 3.63) is 105 Å². The number of H-pyrrole nitrogens is 1. The van der Waals surface area contributed by atoms with Gasteiger partial charge < -0.3 is 10.4 Å². The summed E-state index contributed by atoms with van der Waals surface area (Å²) in [5, 5.41) is 12.8. The molecule has 3 N–H and O–H groups in total. The first kappa shape index (κ1) is 20.6. The van der Waals surface area contributed by atoms with Crippen molar-refractivity contribution in [2.45, 2.75) is 19.3 Å². The average Bonchev–Trinajstić information content (AvgIpc) is 3.11. The molecule has 0 aliphatic heterocycles. The van der Waals surface area contributed by atoms with Crippen LogP contribution in [-0.4, -0.2) is 16.0 Å². The van der Waals surface area contributed by atoms with E-state index in [4.69, 9.17) is 0 Å². The minimum Gasteiger partial charge on any atom is -0.494 e. The minimum absolute atomic E-state index is 0.0519. The lowest BCUT2D eigenvalue weighted by molar-refractivity contribution is -0.117. The fraction of sp³-hybridized carbons (Fsp3) is 0.120. The zero-order valence-electron chi connectivity index (χ0n) is 17.0. The Labute approximate surface area is 184 Å². The van der Waals surface area contributed by atoms with Crippen LogP contribution >= 0.6 is 11.3 Å². The number of rotatable bonds is 6. The van der Waals surface area contributed by atoms with E-state index in [1.807, 2.05) is 85.8 Å². The topological polar surface area (TPSA) is 82.2 Å². The summed E-state index contributed by atoms with van der Waals surface area (Å²) in [6.07, 6.45) is 0.489. The third kappa shape index (κ3) is 4.92. The Morgan fingerprint density at radius 3 is 2.42 bits per heavy atom. The zero-order chi connectivity index (χ0) is 21.8. The van der Waals surface area contributed by atoms with Crippen LogP contribution in [0, 0.1) is 0 Å². The lowest BCUT2D eigenvalue weighted by Crippen LogP contribution is -2.18. The fourth-order valence-corrected chi connectivity index (χ4v) is 4.15. The van der Waals surface area contributed by atoms with Crippen molar-refractivity contribution in [1.82, 2.24) is 4.98 Å². The normalized spacial score (nSPS) is 11.8. The van der Waals surface area contributed by atoms with Crippen LogP contribution < -0.4 is 10.2 Å². The van der Waals surface area contributed by atoms with Gasteiger partial charge in [-0.15, -0.1) is 0 Å². The molecule has 0 aliphatic rings. The van der Waals surface area contributed by atoms with Gasteiger partial charge in [-0.1, -0.05) is 78.1 Å². The number of aromatic nitrogens is 1. The smallest absolute Gasteiger partial charge is 0.307 e. The maximum absolute atomic E-state index is 12.7. The van der Waals surface area contributed by atoms with Crippen molar-refractivity contribution in [2.24, 2.45) is 0 Å². The maximum atomic E-state index is 12.7. The van der Waals surface area contributed by atoms with E-state index in [0.29, 0.717) is 11.3 Å².